The van der Waals surface area contributed by atoms with Gasteiger partial charge in [-0.2, -0.15) is 0 Å². The maximum atomic E-state index is 13.0. The Labute approximate surface area is 155 Å². The minimum absolute atomic E-state index is 0.0616. The second-order valence-corrected chi connectivity index (χ2v) is 6.54. The molecule has 0 N–H and O–H groups in total. The van der Waals surface area contributed by atoms with Crippen LogP contribution in [0.3, 0.4) is 0 Å². The monoisotopic (exact) mass is 392 g/mol. The molecule has 0 aliphatic rings. The van der Waals surface area contributed by atoms with E-state index in [2.05, 4.69) is 15.2 Å². The van der Waals surface area contributed by atoms with E-state index in [0.717, 1.165) is 0 Å². The fraction of sp³-hybridized carbons (Fsp3) is 0.125. The standard InChI is InChI=1S/C16H10ClFN4O3S/c1-8(13-20-21-14(25-13)9-2-4-10(18)5-3-9)24-15(23)11-12(17)19-16-22(11)6-7-26-16/h2-8H,1H3/t8-/m1/s1. The topological polar surface area (TPSA) is 82.5 Å². The Kier molecular flexibility index (Phi) is 4.17. The second kappa shape index (κ2) is 6.50. The Morgan fingerprint density at radius 3 is 2.88 bits per heavy atom. The summed E-state index contributed by atoms with van der Waals surface area (Å²) in [6, 6.07) is 5.61. The highest BCUT2D eigenvalue weighted by molar-refractivity contribution is 7.15. The molecule has 0 aliphatic carbocycles. The van der Waals surface area contributed by atoms with E-state index in [9.17, 15) is 9.18 Å². The molecule has 10 heteroatoms. The molecule has 3 heterocycles. The molecule has 0 unspecified atom stereocenters. The molecule has 7 nitrogen and oxygen atoms in total. The number of carbonyl (C=O) groups is 1. The number of fused-ring (bicyclic) bond motifs is 1. The summed E-state index contributed by atoms with van der Waals surface area (Å²) in [5.74, 6) is -0.714. The normalized spacial score (nSPS) is 12.4. The summed E-state index contributed by atoms with van der Waals surface area (Å²) in [6.45, 7) is 1.60. The van der Waals surface area contributed by atoms with Crippen LogP contribution in [0.2, 0.25) is 5.15 Å². The number of carbonyl (C=O) groups excluding carboxylic acids is 1. The molecule has 0 aliphatic heterocycles. The fourth-order valence-corrected chi connectivity index (χ4v) is 3.33. The number of ether oxygens (including phenoxy) is 1. The lowest BCUT2D eigenvalue weighted by Gasteiger charge is -2.08. The van der Waals surface area contributed by atoms with Gasteiger partial charge in [0.2, 0.25) is 5.89 Å². The first-order valence-electron chi connectivity index (χ1n) is 7.44. The van der Waals surface area contributed by atoms with Crippen molar-refractivity contribution in [2.24, 2.45) is 0 Å². The number of nitrogens with zero attached hydrogens (tertiary/aromatic N) is 4. The van der Waals surface area contributed by atoms with Crippen molar-refractivity contribution in [2.45, 2.75) is 13.0 Å². The average molecular weight is 393 g/mol. The van der Waals surface area contributed by atoms with Crippen LogP contribution in [-0.2, 0) is 4.74 Å². The zero-order valence-corrected chi connectivity index (χ0v) is 14.8. The van der Waals surface area contributed by atoms with E-state index in [1.165, 1.54) is 35.6 Å². The van der Waals surface area contributed by atoms with Crippen molar-refractivity contribution < 1.29 is 18.3 Å². The van der Waals surface area contributed by atoms with Gasteiger partial charge >= 0.3 is 5.97 Å². The molecule has 4 rings (SSSR count). The molecular formula is C16H10ClFN4O3S. The number of imidazole rings is 1. The number of esters is 1. The van der Waals surface area contributed by atoms with Crippen LogP contribution in [0.15, 0.2) is 40.3 Å². The lowest BCUT2D eigenvalue weighted by Crippen LogP contribution is -2.12. The number of thiazole rings is 1. The third kappa shape index (κ3) is 2.95. The van der Waals surface area contributed by atoms with Crippen molar-refractivity contribution in [2.75, 3.05) is 0 Å². The highest BCUT2D eigenvalue weighted by Crippen LogP contribution is 2.26. The number of hydrogen-bond acceptors (Lipinski definition) is 7. The van der Waals surface area contributed by atoms with Gasteiger partial charge in [0.25, 0.3) is 5.89 Å². The first-order valence-corrected chi connectivity index (χ1v) is 8.70. The highest BCUT2D eigenvalue weighted by atomic mass is 35.5. The minimum atomic E-state index is -0.801. The van der Waals surface area contributed by atoms with Crippen molar-refractivity contribution >= 4 is 33.9 Å². The molecule has 0 saturated carbocycles. The molecule has 4 aromatic rings. The van der Waals surface area contributed by atoms with Crippen LogP contribution in [0.4, 0.5) is 4.39 Å². The lowest BCUT2D eigenvalue weighted by atomic mass is 10.2. The van der Waals surface area contributed by atoms with Gasteiger partial charge in [-0.05, 0) is 31.2 Å². The van der Waals surface area contributed by atoms with E-state index >= 15 is 0 Å². The number of hydrogen-bond donors (Lipinski definition) is 0. The van der Waals surface area contributed by atoms with E-state index in [1.807, 2.05) is 0 Å². The molecule has 26 heavy (non-hydrogen) atoms. The smallest absolute Gasteiger partial charge is 0.359 e. The Morgan fingerprint density at radius 2 is 2.12 bits per heavy atom. The largest absolute Gasteiger partial charge is 0.448 e. The van der Waals surface area contributed by atoms with Gasteiger partial charge < -0.3 is 9.15 Å². The van der Waals surface area contributed by atoms with E-state index in [1.54, 1.807) is 22.9 Å². The number of halogens is 2. The van der Waals surface area contributed by atoms with Gasteiger partial charge in [0.15, 0.2) is 21.9 Å². The van der Waals surface area contributed by atoms with E-state index in [0.29, 0.717) is 10.5 Å². The van der Waals surface area contributed by atoms with Gasteiger partial charge in [0.05, 0.1) is 0 Å². The lowest BCUT2D eigenvalue weighted by molar-refractivity contribution is 0.0272. The summed E-state index contributed by atoms with van der Waals surface area (Å²) in [6.07, 6.45) is 0.879. The summed E-state index contributed by atoms with van der Waals surface area (Å²) in [5.41, 5.74) is 0.690. The number of benzene rings is 1. The fourth-order valence-electron chi connectivity index (χ4n) is 2.32. The maximum absolute atomic E-state index is 13.0. The molecule has 0 radical (unpaired) electrons. The zero-order chi connectivity index (χ0) is 18.3. The summed E-state index contributed by atoms with van der Waals surface area (Å²) in [7, 11) is 0. The summed E-state index contributed by atoms with van der Waals surface area (Å²) in [4.78, 5) is 17.1. The SMILES string of the molecule is C[C@@H](OC(=O)c1c(Cl)nc2sccn12)c1nnc(-c2ccc(F)cc2)o1. The van der Waals surface area contributed by atoms with Gasteiger partial charge in [0.1, 0.15) is 5.82 Å². The van der Waals surface area contributed by atoms with Crippen LogP contribution < -0.4 is 0 Å². The van der Waals surface area contributed by atoms with Crippen molar-refractivity contribution in [3.05, 3.63) is 58.4 Å². The Balaban J connectivity index is 1.54. The summed E-state index contributed by atoms with van der Waals surface area (Å²) < 4.78 is 25.4. The minimum Gasteiger partial charge on any atom is -0.448 e. The summed E-state index contributed by atoms with van der Waals surface area (Å²) in [5, 5.41) is 9.62. The number of aromatic nitrogens is 4. The van der Waals surface area contributed by atoms with Crippen LogP contribution in [0.5, 0.6) is 0 Å². The van der Waals surface area contributed by atoms with E-state index in [4.69, 9.17) is 20.8 Å². The zero-order valence-electron chi connectivity index (χ0n) is 13.2. The van der Waals surface area contributed by atoms with E-state index < -0.39 is 12.1 Å². The quantitative estimate of drug-likeness (QED) is 0.485. The van der Waals surface area contributed by atoms with Gasteiger partial charge in [-0.15, -0.1) is 21.5 Å². The molecule has 0 bridgehead atoms. The molecule has 0 spiro atoms. The first kappa shape index (κ1) is 16.7. The molecular weight excluding hydrogens is 383 g/mol. The summed E-state index contributed by atoms with van der Waals surface area (Å²) >= 11 is 7.37. The van der Waals surface area contributed by atoms with Gasteiger partial charge in [-0.3, -0.25) is 4.40 Å². The Morgan fingerprint density at radius 1 is 1.35 bits per heavy atom. The van der Waals surface area contributed by atoms with Crippen LogP contribution in [0.1, 0.15) is 29.4 Å². The molecule has 0 fully saturated rings. The van der Waals surface area contributed by atoms with Crippen molar-refractivity contribution in [3.63, 3.8) is 0 Å². The molecule has 132 valence electrons. The first-order chi connectivity index (χ1) is 12.5. The van der Waals surface area contributed by atoms with Crippen LogP contribution >= 0.6 is 22.9 Å². The van der Waals surface area contributed by atoms with Crippen LogP contribution in [0.25, 0.3) is 16.4 Å². The predicted molar refractivity (Wildman–Crippen MR) is 91.6 cm³/mol. The van der Waals surface area contributed by atoms with Gasteiger partial charge in [0, 0.05) is 17.1 Å². The highest BCUT2D eigenvalue weighted by Gasteiger charge is 2.25. The Hall–Kier alpha value is -2.78. The van der Waals surface area contributed by atoms with Crippen LogP contribution in [-0.4, -0.2) is 25.6 Å². The van der Waals surface area contributed by atoms with Gasteiger partial charge in [-0.25, -0.2) is 14.2 Å². The van der Waals surface area contributed by atoms with Crippen molar-refractivity contribution in [1.29, 1.82) is 0 Å². The third-order valence-electron chi connectivity index (χ3n) is 3.58. The van der Waals surface area contributed by atoms with Crippen molar-refractivity contribution in [1.82, 2.24) is 19.6 Å². The molecule has 1 atom stereocenters. The average Bonchev–Trinajstić information content (AvgIpc) is 3.30. The molecule has 1 aromatic carbocycles. The molecule has 0 saturated heterocycles. The Bertz CT molecular complexity index is 1090. The molecule has 3 aromatic heterocycles. The second-order valence-electron chi connectivity index (χ2n) is 5.31. The van der Waals surface area contributed by atoms with E-state index in [-0.39, 0.29) is 28.4 Å². The maximum Gasteiger partial charge on any atom is 0.359 e. The van der Waals surface area contributed by atoms with Gasteiger partial charge in [-0.1, -0.05) is 11.6 Å². The van der Waals surface area contributed by atoms with Crippen molar-refractivity contribution in [3.8, 4) is 11.5 Å². The van der Waals surface area contributed by atoms with Crippen LogP contribution in [0, 0.1) is 5.82 Å². The molecule has 0 amide bonds. The number of rotatable bonds is 4. The predicted octanol–water partition coefficient (Wildman–Crippen LogP) is 4.16. The third-order valence-corrected chi connectivity index (χ3v) is 4.60.